The van der Waals surface area contributed by atoms with Crippen LogP contribution >= 0.6 is 11.6 Å². The third-order valence-corrected chi connectivity index (χ3v) is 2.30. The number of amides is 1. The van der Waals surface area contributed by atoms with Gasteiger partial charge in [0.25, 0.3) is 5.91 Å². The van der Waals surface area contributed by atoms with Gasteiger partial charge in [0.15, 0.2) is 0 Å². The van der Waals surface area contributed by atoms with E-state index in [-0.39, 0.29) is 5.91 Å². The summed E-state index contributed by atoms with van der Waals surface area (Å²) in [6.45, 7) is 1.88. The van der Waals surface area contributed by atoms with Crippen molar-refractivity contribution in [3.63, 3.8) is 0 Å². The van der Waals surface area contributed by atoms with E-state index in [0.717, 1.165) is 5.56 Å². The first kappa shape index (κ1) is 11.5. The summed E-state index contributed by atoms with van der Waals surface area (Å²) in [7, 11) is 0. The molecule has 0 bridgehead atoms. The van der Waals surface area contributed by atoms with Gasteiger partial charge in [-0.25, -0.2) is 4.98 Å². The third-order valence-electron chi connectivity index (χ3n) is 2.10. The molecule has 0 spiro atoms. The van der Waals surface area contributed by atoms with Crippen molar-refractivity contribution in [1.82, 2.24) is 9.97 Å². The lowest BCUT2D eigenvalue weighted by molar-refractivity contribution is 0.102. The Balaban J connectivity index is 2.19. The molecule has 2 aromatic heterocycles. The van der Waals surface area contributed by atoms with E-state index in [1.165, 1.54) is 6.20 Å². The van der Waals surface area contributed by atoms with Crippen LogP contribution in [0.1, 0.15) is 15.9 Å². The first-order chi connectivity index (χ1) is 8.15. The van der Waals surface area contributed by atoms with E-state index < -0.39 is 0 Å². The normalized spacial score (nSPS) is 10.0. The topological polar surface area (TPSA) is 54.9 Å². The van der Waals surface area contributed by atoms with Crippen LogP contribution in [0.4, 0.5) is 5.82 Å². The fourth-order valence-corrected chi connectivity index (χ4v) is 1.64. The number of aromatic nitrogens is 2. The zero-order valence-electron chi connectivity index (χ0n) is 9.14. The highest BCUT2D eigenvalue weighted by molar-refractivity contribution is 6.29. The van der Waals surface area contributed by atoms with Crippen LogP contribution in [0.2, 0.25) is 5.15 Å². The molecule has 2 heterocycles. The van der Waals surface area contributed by atoms with Gasteiger partial charge in [-0.3, -0.25) is 9.78 Å². The Labute approximate surface area is 104 Å². The van der Waals surface area contributed by atoms with Crippen LogP contribution in [0.15, 0.2) is 36.7 Å². The summed E-state index contributed by atoms with van der Waals surface area (Å²) in [5.41, 5.74) is 1.42. The first-order valence-electron chi connectivity index (χ1n) is 5.01. The molecule has 0 aliphatic heterocycles. The molecule has 0 radical (unpaired) electrons. The van der Waals surface area contributed by atoms with Gasteiger partial charge < -0.3 is 5.32 Å². The average molecular weight is 248 g/mol. The summed E-state index contributed by atoms with van der Waals surface area (Å²) in [6, 6.07) is 6.85. The molecule has 86 valence electrons. The van der Waals surface area contributed by atoms with Crippen LogP contribution in [0.3, 0.4) is 0 Å². The van der Waals surface area contributed by atoms with Crippen molar-refractivity contribution < 1.29 is 4.79 Å². The largest absolute Gasteiger partial charge is 0.306 e. The fraction of sp³-hybridized carbons (Fsp3) is 0.0833. The molecule has 17 heavy (non-hydrogen) atoms. The van der Waals surface area contributed by atoms with Crippen molar-refractivity contribution in [3.05, 3.63) is 52.9 Å². The number of hydrogen-bond acceptors (Lipinski definition) is 3. The molecule has 0 atom stereocenters. The number of carbonyl (C=O) groups excluding carboxylic acids is 1. The van der Waals surface area contributed by atoms with Gasteiger partial charge >= 0.3 is 0 Å². The number of anilines is 1. The predicted molar refractivity (Wildman–Crippen MR) is 66.2 cm³/mol. The summed E-state index contributed by atoms with van der Waals surface area (Å²) in [5, 5.41) is 3.02. The van der Waals surface area contributed by atoms with E-state index in [1.807, 2.05) is 6.92 Å². The Hall–Kier alpha value is -1.94. The highest BCUT2D eigenvalue weighted by Gasteiger charge is 2.07. The van der Waals surface area contributed by atoms with Gasteiger partial charge in [0, 0.05) is 12.4 Å². The number of rotatable bonds is 2. The lowest BCUT2D eigenvalue weighted by Gasteiger charge is -2.05. The summed E-state index contributed by atoms with van der Waals surface area (Å²) in [6.07, 6.45) is 3.10. The van der Waals surface area contributed by atoms with Gasteiger partial charge in [-0.2, -0.15) is 0 Å². The zero-order valence-corrected chi connectivity index (χ0v) is 9.90. The Morgan fingerprint density at radius 1 is 1.41 bits per heavy atom. The van der Waals surface area contributed by atoms with Crippen molar-refractivity contribution in [3.8, 4) is 0 Å². The molecule has 1 amide bonds. The standard InChI is InChI=1S/C12H10ClN3O/c1-8-5-10(13)15-11(6-8)16-12(17)9-3-2-4-14-7-9/h2-7H,1H3,(H,15,16,17). The van der Waals surface area contributed by atoms with Crippen molar-refractivity contribution in [2.45, 2.75) is 6.92 Å². The fourth-order valence-electron chi connectivity index (χ4n) is 1.37. The second-order valence-electron chi connectivity index (χ2n) is 3.55. The first-order valence-corrected chi connectivity index (χ1v) is 5.38. The van der Waals surface area contributed by atoms with Gasteiger partial charge in [-0.15, -0.1) is 0 Å². The summed E-state index contributed by atoms with van der Waals surface area (Å²) in [5.74, 6) is 0.177. The highest BCUT2D eigenvalue weighted by atomic mass is 35.5. The van der Waals surface area contributed by atoms with Gasteiger partial charge in [0.1, 0.15) is 11.0 Å². The van der Waals surface area contributed by atoms with Gasteiger partial charge in [0.05, 0.1) is 5.56 Å². The van der Waals surface area contributed by atoms with Crippen molar-refractivity contribution >= 4 is 23.3 Å². The Morgan fingerprint density at radius 3 is 2.88 bits per heavy atom. The molecular weight excluding hydrogens is 238 g/mol. The third kappa shape index (κ3) is 3.01. The molecule has 0 saturated carbocycles. The quantitative estimate of drug-likeness (QED) is 0.830. The number of aryl methyl sites for hydroxylation is 1. The van der Waals surface area contributed by atoms with Crippen LogP contribution in [0.5, 0.6) is 0 Å². The molecule has 4 nitrogen and oxygen atoms in total. The maximum Gasteiger partial charge on any atom is 0.258 e. The van der Waals surface area contributed by atoms with Gasteiger partial charge in [0.2, 0.25) is 0 Å². The maximum absolute atomic E-state index is 11.8. The van der Waals surface area contributed by atoms with Crippen molar-refractivity contribution in [1.29, 1.82) is 0 Å². The van der Waals surface area contributed by atoms with E-state index in [4.69, 9.17) is 11.6 Å². The Bertz CT molecular complexity index is 522. The average Bonchev–Trinajstić information content (AvgIpc) is 2.28. The molecule has 1 N–H and O–H groups in total. The number of pyridine rings is 2. The molecule has 0 unspecified atom stereocenters. The molecule has 0 aromatic carbocycles. The Kier molecular flexibility index (Phi) is 3.35. The molecule has 0 saturated heterocycles. The van der Waals surface area contributed by atoms with E-state index in [2.05, 4.69) is 15.3 Å². The highest BCUT2D eigenvalue weighted by Crippen LogP contribution is 2.14. The van der Waals surface area contributed by atoms with Crippen LogP contribution in [0.25, 0.3) is 0 Å². The molecule has 0 aliphatic rings. The van der Waals surface area contributed by atoms with Crippen molar-refractivity contribution in [2.24, 2.45) is 0 Å². The molecule has 0 aliphatic carbocycles. The summed E-state index contributed by atoms with van der Waals surface area (Å²) in [4.78, 5) is 19.7. The zero-order chi connectivity index (χ0) is 12.3. The van der Waals surface area contributed by atoms with Crippen LogP contribution < -0.4 is 5.32 Å². The minimum absolute atomic E-state index is 0.257. The summed E-state index contributed by atoms with van der Waals surface area (Å²) < 4.78 is 0. The minimum atomic E-state index is -0.257. The Morgan fingerprint density at radius 2 is 2.24 bits per heavy atom. The maximum atomic E-state index is 11.8. The van der Waals surface area contributed by atoms with Gasteiger partial charge in [-0.1, -0.05) is 11.6 Å². The van der Waals surface area contributed by atoms with E-state index in [0.29, 0.717) is 16.5 Å². The van der Waals surface area contributed by atoms with Crippen molar-refractivity contribution in [2.75, 3.05) is 5.32 Å². The SMILES string of the molecule is Cc1cc(Cl)nc(NC(=O)c2cccnc2)c1. The number of hydrogen-bond donors (Lipinski definition) is 1. The predicted octanol–water partition coefficient (Wildman–Crippen LogP) is 2.69. The number of nitrogens with one attached hydrogen (secondary N) is 1. The van der Waals surface area contributed by atoms with E-state index in [9.17, 15) is 4.79 Å². The summed E-state index contributed by atoms with van der Waals surface area (Å²) >= 11 is 5.80. The number of halogens is 1. The lowest BCUT2D eigenvalue weighted by atomic mass is 10.2. The second kappa shape index (κ2) is 4.93. The number of carbonyl (C=O) groups is 1. The molecule has 2 rings (SSSR count). The second-order valence-corrected chi connectivity index (χ2v) is 3.94. The lowest BCUT2D eigenvalue weighted by Crippen LogP contribution is -2.13. The smallest absolute Gasteiger partial charge is 0.258 e. The molecule has 2 aromatic rings. The molecule has 5 heteroatoms. The monoisotopic (exact) mass is 247 g/mol. The van der Waals surface area contributed by atoms with Crippen LogP contribution in [-0.4, -0.2) is 15.9 Å². The van der Waals surface area contributed by atoms with E-state index in [1.54, 1.807) is 30.5 Å². The van der Waals surface area contributed by atoms with Gasteiger partial charge in [-0.05, 0) is 36.8 Å². The van der Waals surface area contributed by atoms with Crippen LogP contribution in [-0.2, 0) is 0 Å². The van der Waals surface area contributed by atoms with E-state index >= 15 is 0 Å². The minimum Gasteiger partial charge on any atom is -0.306 e. The molecule has 0 fully saturated rings. The number of nitrogens with zero attached hydrogens (tertiary/aromatic N) is 2. The molecular formula is C12H10ClN3O. The van der Waals surface area contributed by atoms with Crippen LogP contribution in [0, 0.1) is 6.92 Å².